The molecule has 1 aliphatic rings. The van der Waals surface area contributed by atoms with Crippen LogP contribution in [-0.4, -0.2) is 81.8 Å². The highest BCUT2D eigenvalue weighted by Gasteiger charge is 2.33. The molecule has 1 amide bonds. The van der Waals surface area contributed by atoms with E-state index < -0.39 is 18.9 Å². The van der Waals surface area contributed by atoms with E-state index in [-0.39, 0.29) is 38.4 Å². The Morgan fingerprint density at radius 1 is 0.915 bits per heavy atom. The van der Waals surface area contributed by atoms with E-state index in [4.69, 9.17) is 4.42 Å². The lowest BCUT2D eigenvalue weighted by Gasteiger charge is -2.38. The van der Waals surface area contributed by atoms with Crippen molar-refractivity contribution in [1.82, 2.24) is 49.8 Å². The fourth-order valence-corrected chi connectivity index (χ4v) is 5.45. The number of amides is 1. The fourth-order valence-electron chi connectivity index (χ4n) is 5.45. The molecule has 0 radical (unpaired) electrons. The van der Waals surface area contributed by atoms with Crippen LogP contribution in [0.25, 0.3) is 33.7 Å². The zero-order valence-corrected chi connectivity index (χ0v) is 24.2. The van der Waals surface area contributed by atoms with Gasteiger partial charge in [-0.15, -0.1) is 23.4 Å². The van der Waals surface area contributed by atoms with Crippen molar-refractivity contribution in [2.75, 3.05) is 26.2 Å². The Hall–Kier alpha value is -5.58. The molecule has 47 heavy (non-hydrogen) atoms. The van der Waals surface area contributed by atoms with E-state index in [1.54, 1.807) is 35.2 Å². The van der Waals surface area contributed by atoms with Crippen molar-refractivity contribution in [2.45, 2.75) is 18.9 Å². The molecular formula is C30H23F5N10O2. The number of hydrogen-bond donors (Lipinski definition) is 0. The van der Waals surface area contributed by atoms with Gasteiger partial charge in [-0.05, 0) is 40.6 Å². The number of pyridine rings is 1. The topological polar surface area (TPSA) is 124 Å². The maximum Gasteiger partial charge on any atom is 0.504 e. The maximum absolute atomic E-state index is 13.5. The van der Waals surface area contributed by atoms with Gasteiger partial charge in [0.2, 0.25) is 5.89 Å². The quantitative estimate of drug-likeness (QED) is 0.216. The maximum atomic E-state index is 13.5. The lowest BCUT2D eigenvalue weighted by molar-refractivity contribution is -0.212. The Morgan fingerprint density at radius 3 is 2.40 bits per heavy atom. The molecular weight excluding hydrogens is 627 g/mol. The van der Waals surface area contributed by atoms with Gasteiger partial charge in [0, 0.05) is 49.7 Å². The number of halogens is 5. The van der Waals surface area contributed by atoms with Crippen LogP contribution in [0.5, 0.6) is 0 Å². The summed E-state index contributed by atoms with van der Waals surface area (Å²) in [5.74, 6) is 0.0246. The minimum Gasteiger partial charge on any atom is -0.436 e. The van der Waals surface area contributed by atoms with Gasteiger partial charge in [-0.25, -0.2) is 4.98 Å². The average Bonchev–Trinajstić information content (AvgIpc) is 3.85. The molecule has 6 aromatic rings. The molecule has 0 saturated carbocycles. The van der Waals surface area contributed by atoms with Crippen LogP contribution >= 0.6 is 0 Å². The molecule has 0 N–H and O–H groups in total. The number of piperazine rings is 1. The van der Waals surface area contributed by atoms with Gasteiger partial charge in [0.15, 0.2) is 11.4 Å². The van der Waals surface area contributed by atoms with Crippen molar-refractivity contribution in [3.63, 3.8) is 0 Å². The molecule has 1 fully saturated rings. The molecule has 240 valence electrons. The van der Waals surface area contributed by atoms with E-state index in [2.05, 4.69) is 30.5 Å². The first-order valence-electron chi connectivity index (χ1n) is 14.3. The van der Waals surface area contributed by atoms with Crippen molar-refractivity contribution in [1.29, 1.82) is 0 Å². The largest absolute Gasteiger partial charge is 0.504 e. The summed E-state index contributed by atoms with van der Waals surface area (Å²) in [5.41, 5.74) is 3.01. The van der Waals surface area contributed by atoms with Crippen molar-refractivity contribution < 1.29 is 31.2 Å². The lowest BCUT2D eigenvalue weighted by Crippen LogP contribution is -2.50. The van der Waals surface area contributed by atoms with Gasteiger partial charge in [-0.2, -0.15) is 18.6 Å². The van der Waals surface area contributed by atoms with E-state index >= 15 is 0 Å². The standard InChI is InChI=1S/C30H23F5N10O2/c31-29(32)45-40-26(39-41-45)25(18-4-2-1-3-5-18)42-10-12-43(13-11-42)28(46)23-15-20(8-9-36-23)27-38-22-14-19(6-7-24(22)47-27)21-16-37-44(17-21)30(33,34)35/h1-9,14-17,25,29H,10-13H2. The molecule has 0 spiro atoms. The van der Waals surface area contributed by atoms with E-state index in [1.807, 2.05) is 35.2 Å². The summed E-state index contributed by atoms with van der Waals surface area (Å²) in [5, 5.41) is 14.6. The number of aromatic nitrogens is 8. The molecule has 2 aromatic carbocycles. The van der Waals surface area contributed by atoms with E-state index in [9.17, 15) is 26.7 Å². The minimum absolute atomic E-state index is 0.0720. The molecule has 0 aliphatic carbocycles. The molecule has 1 atom stereocenters. The molecule has 5 heterocycles. The molecule has 4 aromatic heterocycles. The highest BCUT2D eigenvalue weighted by atomic mass is 19.4. The number of fused-ring (bicyclic) bond motifs is 1. The number of nitrogens with zero attached hydrogens (tertiary/aromatic N) is 10. The molecule has 1 unspecified atom stereocenters. The predicted octanol–water partition coefficient (Wildman–Crippen LogP) is 5.16. The average molecular weight is 651 g/mol. The summed E-state index contributed by atoms with van der Waals surface area (Å²) >= 11 is 0. The van der Waals surface area contributed by atoms with E-state index in [0.29, 0.717) is 48.4 Å². The lowest BCUT2D eigenvalue weighted by atomic mass is 10.0. The number of tetrazole rings is 1. The summed E-state index contributed by atoms with van der Waals surface area (Å²) in [6, 6.07) is 16.7. The monoisotopic (exact) mass is 650 g/mol. The molecule has 7 rings (SSSR count). The van der Waals surface area contributed by atoms with E-state index in [0.717, 1.165) is 18.0 Å². The van der Waals surface area contributed by atoms with Crippen molar-refractivity contribution >= 4 is 17.0 Å². The molecule has 17 heteroatoms. The van der Waals surface area contributed by atoms with Gasteiger partial charge in [-0.3, -0.25) is 14.7 Å². The van der Waals surface area contributed by atoms with Gasteiger partial charge >= 0.3 is 12.8 Å². The molecule has 1 saturated heterocycles. The fraction of sp³-hybridized carbons (Fsp3) is 0.233. The number of oxazole rings is 1. The predicted molar refractivity (Wildman–Crippen MR) is 155 cm³/mol. The Kier molecular flexibility index (Phi) is 7.67. The smallest absolute Gasteiger partial charge is 0.436 e. The third kappa shape index (κ3) is 6.04. The normalized spacial score (nSPS) is 15.1. The second-order valence-electron chi connectivity index (χ2n) is 10.7. The highest BCUT2D eigenvalue weighted by molar-refractivity contribution is 5.93. The van der Waals surface area contributed by atoms with Gasteiger partial charge in [0.05, 0.1) is 12.2 Å². The van der Waals surface area contributed by atoms with Gasteiger partial charge in [-0.1, -0.05) is 41.2 Å². The van der Waals surface area contributed by atoms with Crippen LogP contribution in [0.2, 0.25) is 0 Å². The van der Waals surface area contributed by atoms with Crippen LogP contribution in [0.4, 0.5) is 22.0 Å². The van der Waals surface area contributed by atoms with Crippen LogP contribution in [-0.2, 0) is 6.30 Å². The van der Waals surface area contributed by atoms with Crippen LogP contribution in [0, 0.1) is 0 Å². The van der Waals surface area contributed by atoms with Crippen LogP contribution in [0.3, 0.4) is 0 Å². The van der Waals surface area contributed by atoms with Crippen LogP contribution < -0.4 is 0 Å². The summed E-state index contributed by atoms with van der Waals surface area (Å²) in [6.45, 7) is -1.45. The SMILES string of the molecule is O=C(c1cc(-c2nc3cc(-c4cnn(C(F)(F)F)c4)ccc3o2)ccn1)N1CCN(C(c2ccccc2)c2nnn(C(F)F)n2)CC1. The number of rotatable bonds is 7. The molecule has 12 nitrogen and oxygen atoms in total. The van der Waals surface area contributed by atoms with Gasteiger partial charge in [0.25, 0.3) is 5.91 Å². The highest BCUT2D eigenvalue weighted by Crippen LogP contribution is 2.31. The Morgan fingerprint density at radius 2 is 1.70 bits per heavy atom. The second kappa shape index (κ2) is 12.0. The molecule has 1 aliphatic heterocycles. The Bertz CT molecular complexity index is 2030. The van der Waals surface area contributed by atoms with Crippen molar-refractivity contribution in [3.05, 3.63) is 96.3 Å². The Labute approximate surface area is 262 Å². The number of carbonyl (C=O) groups excluding carboxylic acids is 1. The van der Waals surface area contributed by atoms with Crippen molar-refractivity contribution in [2.24, 2.45) is 0 Å². The van der Waals surface area contributed by atoms with Crippen LogP contribution in [0.15, 0.2) is 83.7 Å². The Balaban J connectivity index is 1.07. The summed E-state index contributed by atoms with van der Waals surface area (Å²) in [7, 11) is 0. The third-order valence-electron chi connectivity index (χ3n) is 7.73. The van der Waals surface area contributed by atoms with Crippen molar-refractivity contribution in [3.8, 4) is 22.6 Å². The zero-order chi connectivity index (χ0) is 32.7. The summed E-state index contributed by atoms with van der Waals surface area (Å²) in [6.07, 6.45) is -1.16. The van der Waals surface area contributed by atoms with E-state index in [1.165, 1.54) is 6.20 Å². The summed E-state index contributed by atoms with van der Waals surface area (Å²) < 4.78 is 71.1. The molecule has 0 bridgehead atoms. The zero-order valence-electron chi connectivity index (χ0n) is 24.2. The first-order chi connectivity index (χ1) is 22.6. The van der Waals surface area contributed by atoms with Crippen LogP contribution in [0.1, 0.15) is 34.5 Å². The van der Waals surface area contributed by atoms with Gasteiger partial charge < -0.3 is 9.32 Å². The number of hydrogen-bond acceptors (Lipinski definition) is 9. The number of carbonyl (C=O) groups is 1. The van der Waals surface area contributed by atoms with Gasteiger partial charge in [0.1, 0.15) is 11.2 Å². The first-order valence-corrected chi connectivity index (χ1v) is 14.3. The summed E-state index contributed by atoms with van der Waals surface area (Å²) in [4.78, 5) is 26.2. The minimum atomic E-state index is -4.63. The number of benzene rings is 2. The number of alkyl halides is 5. The second-order valence-corrected chi connectivity index (χ2v) is 10.7. The third-order valence-corrected chi connectivity index (χ3v) is 7.73. The first kappa shape index (κ1) is 30.1.